The van der Waals surface area contributed by atoms with E-state index in [2.05, 4.69) is 26.3 Å². The van der Waals surface area contributed by atoms with Crippen LogP contribution in [0.25, 0.3) is 5.69 Å². The molecule has 0 saturated carbocycles. The smallest absolute Gasteiger partial charge is 0.271 e. The zero-order valence-electron chi connectivity index (χ0n) is 15.8. The summed E-state index contributed by atoms with van der Waals surface area (Å²) in [4.78, 5) is 24.6. The Kier molecular flexibility index (Phi) is 5.94. The molecule has 0 unspecified atom stereocenters. The van der Waals surface area contributed by atoms with Crippen molar-refractivity contribution in [2.45, 2.75) is 26.9 Å². The Morgan fingerprint density at radius 3 is 2.46 bits per heavy atom. The van der Waals surface area contributed by atoms with Crippen LogP contribution in [-0.4, -0.2) is 21.8 Å². The second kappa shape index (κ2) is 8.39. The number of aromatic nitrogens is 2. The van der Waals surface area contributed by atoms with Gasteiger partial charge >= 0.3 is 0 Å². The van der Waals surface area contributed by atoms with Crippen LogP contribution in [0.3, 0.4) is 0 Å². The van der Waals surface area contributed by atoms with Crippen LogP contribution in [0.1, 0.15) is 18.1 Å². The van der Waals surface area contributed by atoms with Gasteiger partial charge in [-0.25, -0.2) is 0 Å². The second-order valence-corrected chi connectivity index (χ2v) is 7.36. The molecular weight excluding hydrogens is 422 g/mol. The molecule has 1 heterocycles. The van der Waals surface area contributed by atoms with Crippen molar-refractivity contribution in [3.63, 3.8) is 0 Å². The summed E-state index contributed by atoms with van der Waals surface area (Å²) in [6.07, 6.45) is -0.790. The molecule has 6 nitrogen and oxygen atoms in total. The van der Waals surface area contributed by atoms with Crippen molar-refractivity contribution in [3.05, 3.63) is 80.6 Å². The number of rotatable bonds is 5. The first kappa shape index (κ1) is 19.8. The molecule has 3 rings (SSSR count). The van der Waals surface area contributed by atoms with Gasteiger partial charge in [-0.3, -0.25) is 9.59 Å². The van der Waals surface area contributed by atoms with Crippen LogP contribution < -0.4 is 15.6 Å². The summed E-state index contributed by atoms with van der Waals surface area (Å²) in [6, 6.07) is 15.7. The van der Waals surface area contributed by atoms with Crippen molar-refractivity contribution >= 4 is 27.5 Å². The number of hydrogen-bond donors (Lipinski definition) is 1. The largest absolute Gasteiger partial charge is 0.463 e. The first-order valence-corrected chi connectivity index (χ1v) is 9.54. The molecule has 1 N–H and O–H groups in total. The van der Waals surface area contributed by atoms with Crippen LogP contribution in [-0.2, 0) is 4.79 Å². The van der Waals surface area contributed by atoms with Gasteiger partial charge in [-0.2, -0.15) is 4.68 Å². The first-order valence-electron chi connectivity index (χ1n) is 8.74. The van der Waals surface area contributed by atoms with E-state index in [0.29, 0.717) is 11.4 Å². The van der Waals surface area contributed by atoms with E-state index in [4.69, 9.17) is 4.74 Å². The van der Waals surface area contributed by atoms with E-state index >= 15 is 0 Å². The van der Waals surface area contributed by atoms with Gasteiger partial charge in [-0.1, -0.05) is 22.0 Å². The van der Waals surface area contributed by atoms with Gasteiger partial charge in [0.15, 0.2) is 6.10 Å². The van der Waals surface area contributed by atoms with Gasteiger partial charge in [0.1, 0.15) is 0 Å². The van der Waals surface area contributed by atoms with E-state index in [9.17, 15) is 9.59 Å². The summed E-state index contributed by atoms with van der Waals surface area (Å²) in [5, 5.41) is 7.03. The third kappa shape index (κ3) is 4.67. The summed E-state index contributed by atoms with van der Waals surface area (Å²) < 4.78 is 7.84. The molecule has 0 aliphatic heterocycles. The van der Waals surface area contributed by atoms with Crippen molar-refractivity contribution in [2.24, 2.45) is 0 Å². The zero-order chi connectivity index (χ0) is 20.3. The molecule has 3 aromatic rings. The number of ether oxygens (including phenoxy) is 1. The number of nitrogens with zero attached hydrogens (tertiary/aromatic N) is 2. The molecule has 0 saturated heterocycles. The summed E-state index contributed by atoms with van der Waals surface area (Å²) in [6.45, 7) is 5.60. The van der Waals surface area contributed by atoms with Gasteiger partial charge in [-0.15, -0.1) is 5.10 Å². The Bertz CT molecular complexity index is 1060. The normalized spacial score (nSPS) is 11.7. The van der Waals surface area contributed by atoms with Crippen molar-refractivity contribution in [3.8, 4) is 11.6 Å². The minimum Gasteiger partial charge on any atom is -0.463 e. The molecule has 144 valence electrons. The fraction of sp³-hybridized carbons (Fsp3) is 0.190. The lowest BCUT2D eigenvalue weighted by Crippen LogP contribution is -2.31. The molecule has 0 fully saturated rings. The fourth-order valence-electron chi connectivity index (χ4n) is 2.51. The van der Waals surface area contributed by atoms with Gasteiger partial charge in [0, 0.05) is 22.3 Å². The van der Waals surface area contributed by atoms with Crippen LogP contribution >= 0.6 is 15.9 Å². The number of aryl methyl sites for hydroxylation is 2. The number of carbonyl (C=O) groups is 1. The topological polar surface area (TPSA) is 73.2 Å². The molecule has 7 heteroatoms. The van der Waals surface area contributed by atoms with E-state index in [1.807, 2.05) is 44.2 Å². The standard InChI is InChI=1S/C21H20BrN3O3/c1-13-4-9-18(12-14(13)2)25-20(26)11-10-19(24-25)28-15(3)21(27)23-17-7-5-16(22)6-8-17/h4-12,15H,1-3H3,(H,23,27)/t15-/m1/s1. The molecule has 0 spiro atoms. The second-order valence-electron chi connectivity index (χ2n) is 6.45. The molecule has 0 bridgehead atoms. The van der Waals surface area contributed by atoms with Gasteiger partial charge in [0.25, 0.3) is 11.5 Å². The van der Waals surface area contributed by atoms with Crippen LogP contribution in [0.2, 0.25) is 0 Å². The first-order chi connectivity index (χ1) is 13.3. The summed E-state index contributed by atoms with van der Waals surface area (Å²) in [5.74, 6) is -0.121. The van der Waals surface area contributed by atoms with E-state index in [1.54, 1.807) is 19.1 Å². The van der Waals surface area contributed by atoms with Crippen LogP contribution in [0.4, 0.5) is 5.69 Å². The van der Waals surface area contributed by atoms with Crippen molar-refractivity contribution in [2.75, 3.05) is 5.32 Å². The number of halogens is 1. The molecular formula is C21H20BrN3O3. The average molecular weight is 442 g/mol. The maximum Gasteiger partial charge on any atom is 0.271 e. The van der Waals surface area contributed by atoms with E-state index < -0.39 is 6.10 Å². The van der Waals surface area contributed by atoms with Crippen LogP contribution in [0, 0.1) is 13.8 Å². The highest BCUT2D eigenvalue weighted by Gasteiger charge is 2.16. The van der Waals surface area contributed by atoms with Crippen molar-refractivity contribution < 1.29 is 9.53 Å². The van der Waals surface area contributed by atoms with E-state index in [0.717, 1.165) is 15.6 Å². The monoisotopic (exact) mass is 441 g/mol. The third-order valence-corrected chi connectivity index (χ3v) is 4.82. The predicted octanol–water partition coefficient (Wildman–Crippen LogP) is 4.02. The average Bonchev–Trinajstić information content (AvgIpc) is 2.67. The number of hydrogen-bond acceptors (Lipinski definition) is 4. The zero-order valence-corrected chi connectivity index (χ0v) is 17.4. The molecule has 28 heavy (non-hydrogen) atoms. The highest BCUT2D eigenvalue weighted by atomic mass is 79.9. The fourth-order valence-corrected chi connectivity index (χ4v) is 2.78. The van der Waals surface area contributed by atoms with Gasteiger partial charge < -0.3 is 10.1 Å². The lowest BCUT2D eigenvalue weighted by Gasteiger charge is -2.15. The number of amides is 1. The maximum absolute atomic E-state index is 12.4. The highest BCUT2D eigenvalue weighted by molar-refractivity contribution is 9.10. The Morgan fingerprint density at radius 2 is 1.79 bits per heavy atom. The molecule has 0 aliphatic rings. The number of carbonyl (C=O) groups excluding carboxylic acids is 1. The summed E-state index contributed by atoms with van der Waals surface area (Å²) in [5.41, 5.74) is 3.21. The summed E-state index contributed by atoms with van der Waals surface area (Å²) >= 11 is 3.35. The molecule has 2 aromatic carbocycles. The van der Waals surface area contributed by atoms with E-state index in [-0.39, 0.29) is 17.3 Å². The molecule has 1 amide bonds. The minimum absolute atomic E-state index is 0.191. The van der Waals surface area contributed by atoms with Crippen molar-refractivity contribution in [1.29, 1.82) is 0 Å². The SMILES string of the molecule is Cc1ccc(-n2nc(O[C@H](C)C(=O)Nc3ccc(Br)cc3)ccc2=O)cc1C. The van der Waals surface area contributed by atoms with Crippen LogP contribution in [0.15, 0.2) is 63.9 Å². The molecule has 1 aromatic heterocycles. The molecule has 0 radical (unpaired) electrons. The van der Waals surface area contributed by atoms with Crippen molar-refractivity contribution in [1.82, 2.24) is 9.78 Å². The van der Waals surface area contributed by atoms with E-state index in [1.165, 1.54) is 16.8 Å². The predicted molar refractivity (Wildman–Crippen MR) is 112 cm³/mol. The number of benzene rings is 2. The highest BCUT2D eigenvalue weighted by Crippen LogP contribution is 2.16. The number of nitrogens with one attached hydrogen (secondary N) is 1. The number of anilines is 1. The third-order valence-electron chi connectivity index (χ3n) is 4.29. The minimum atomic E-state index is -0.790. The molecule has 1 atom stereocenters. The Hall–Kier alpha value is -2.93. The van der Waals surface area contributed by atoms with Gasteiger partial charge in [0.05, 0.1) is 5.69 Å². The Balaban J connectivity index is 1.76. The quantitative estimate of drug-likeness (QED) is 0.648. The van der Waals surface area contributed by atoms with Gasteiger partial charge in [0.2, 0.25) is 5.88 Å². The van der Waals surface area contributed by atoms with Crippen LogP contribution in [0.5, 0.6) is 5.88 Å². The van der Waals surface area contributed by atoms with Gasteiger partial charge in [-0.05, 0) is 68.3 Å². The Labute approximate surface area is 171 Å². The lowest BCUT2D eigenvalue weighted by molar-refractivity contribution is -0.122. The Morgan fingerprint density at radius 1 is 1.07 bits per heavy atom. The molecule has 0 aliphatic carbocycles. The lowest BCUT2D eigenvalue weighted by atomic mass is 10.1. The maximum atomic E-state index is 12.4. The summed E-state index contributed by atoms with van der Waals surface area (Å²) in [7, 11) is 0.